The van der Waals surface area contributed by atoms with Gasteiger partial charge in [0.1, 0.15) is 40.2 Å². The molecule has 0 spiro atoms. The first-order chi connectivity index (χ1) is 24.9. The summed E-state index contributed by atoms with van der Waals surface area (Å²) in [5.74, 6) is 1.25. The van der Waals surface area contributed by atoms with E-state index in [2.05, 4.69) is 25.9 Å². The third-order valence-electron chi connectivity index (χ3n) is 10.7. The van der Waals surface area contributed by atoms with Crippen LogP contribution in [-0.2, 0) is 11.3 Å². The number of nitrogens with zero attached hydrogens (tertiary/aromatic N) is 6. The van der Waals surface area contributed by atoms with E-state index in [4.69, 9.17) is 30.1 Å². The molecule has 0 amide bonds. The van der Waals surface area contributed by atoms with E-state index in [0.717, 1.165) is 57.2 Å². The van der Waals surface area contributed by atoms with Gasteiger partial charge in [0.15, 0.2) is 5.82 Å². The van der Waals surface area contributed by atoms with Crippen molar-refractivity contribution >= 4 is 27.5 Å². The van der Waals surface area contributed by atoms with Crippen LogP contribution in [0.3, 0.4) is 0 Å². The van der Waals surface area contributed by atoms with Crippen LogP contribution >= 0.6 is 0 Å². The molecule has 1 aliphatic carbocycles. The second-order valence-corrected chi connectivity index (χ2v) is 13.6. The number of benzene rings is 2. The molecule has 3 aliphatic rings. The first-order valence-electron chi connectivity index (χ1n) is 17.3. The quantitative estimate of drug-likeness (QED) is 0.186. The number of halogens is 2. The number of pyridine rings is 1. The number of aromatic hydroxyl groups is 1. The van der Waals surface area contributed by atoms with Crippen molar-refractivity contribution in [2.45, 2.75) is 51.1 Å². The third kappa shape index (κ3) is 5.96. The highest BCUT2D eigenvalue weighted by atomic mass is 19.1. The van der Waals surface area contributed by atoms with Crippen molar-refractivity contribution in [2.75, 3.05) is 51.5 Å². The lowest BCUT2D eigenvalue weighted by Crippen LogP contribution is -2.51. The Bertz CT molecular complexity index is 2130. The predicted octanol–water partition coefficient (Wildman–Crippen LogP) is 6.25. The highest BCUT2D eigenvalue weighted by Gasteiger charge is 2.48. The monoisotopic (exact) mass is 696 g/mol. The topological polar surface area (TPSA) is 119 Å². The summed E-state index contributed by atoms with van der Waals surface area (Å²) in [6, 6.07) is 5.78. The summed E-state index contributed by atoms with van der Waals surface area (Å²) >= 11 is 0. The number of phenols is 1. The maximum atomic E-state index is 17.2. The van der Waals surface area contributed by atoms with Crippen LogP contribution in [0.15, 0.2) is 41.2 Å². The van der Waals surface area contributed by atoms with E-state index in [9.17, 15) is 5.11 Å². The van der Waals surface area contributed by atoms with E-state index in [0.29, 0.717) is 50.2 Å². The van der Waals surface area contributed by atoms with Gasteiger partial charge >= 0.3 is 6.01 Å². The normalized spacial score (nSPS) is 21.1. The molecule has 5 aromatic rings. The van der Waals surface area contributed by atoms with Gasteiger partial charge in [-0.1, -0.05) is 23.6 Å². The van der Waals surface area contributed by atoms with Crippen LogP contribution in [-0.4, -0.2) is 82.7 Å². The van der Waals surface area contributed by atoms with E-state index < -0.39 is 11.6 Å². The molecule has 2 aromatic carbocycles. The molecule has 2 atom stereocenters. The molecule has 5 heterocycles. The second kappa shape index (κ2) is 13.6. The van der Waals surface area contributed by atoms with Gasteiger partial charge in [0.2, 0.25) is 5.88 Å². The van der Waals surface area contributed by atoms with Crippen molar-refractivity contribution in [3.05, 3.63) is 59.5 Å². The summed E-state index contributed by atoms with van der Waals surface area (Å²) < 4.78 is 55.3. The second-order valence-electron chi connectivity index (χ2n) is 13.6. The molecule has 3 fully saturated rings. The molecule has 0 bridgehead atoms. The lowest BCUT2D eigenvalue weighted by Gasteiger charge is -2.46. The SMILES string of the molecule is C#Cc1c(F)ccc2cc(O)cc(-c3nc(OC)c4c(N5CCCOCC5)nc(OCC56CCCC5N(Cc5cnoc5)CCC6)nc4c3F)c12. The number of hydrogen-bond donors (Lipinski definition) is 1. The molecule has 0 radical (unpaired) electrons. The van der Waals surface area contributed by atoms with Crippen LogP contribution in [0.5, 0.6) is 17.6 Å². The first-order valence-corrected chi connectivity index (χ1v) is 17.3. The van der Waals surface area contributed by atoms with Crippen LogP contribution in [0, 0.1) is 29.4 Å². The van der Waals surface area contributed by atoms with Crippen LogP contribution in [0.1, 0.15) is 49.7 Å². The zero-order valence-corrected chi connectivity index (χ0v) is 28.3. The minimum absolute atomic E-state index is 0.0353. The Kier molecular flexibility index (Phi) is 8.81. The lowest BCUT2D eigenvalue weighted by atomic mass is 9.75. The van der Waals surface area contributed by atoms with Crippen molar-refractivity contribution in [1.82, 2.24) is 25.0 Å². The number of piperidine rings is 1. The van der Waals surface area contributed by atoms with Gasteiger partial charge in [0.25, 0.3) is 0 Å². The van der Waals surface area contributed by atoms with E-state index in [1.54, 1.807) is 12.5 Å². The molecule has 8 rings (SSSR count). The highest BCUT2D eigenvalue weighted by molar-refractivity contribution is 6.04. The number of fused-ring (bicyclic) bond motifs is 3. The molecular weight excluding hydrogens is 658 g/mol. The minimum Gasteiger partial charge on any atom is -0.508 e. The largest absolute Gasteiger partial charge is 0.508 e. The number of aromatic nitrogens is 4. The summed E-state index contributed by atoms with van der Waals surface area (Å²) in [5, 5.41) is 15.5. The van der Waals surface area contributed by atoms with Crippen LogP contribution in [0.25, 0.3) is 32.9 Å². The number of likely N-dealkylation sites (tertiary alicyclic amines) is 1. The van der Waals surface area contributed by atoms with Gasteiger partial charge in [-0.25, -0.2) is 13.8 Å². The highest BCUT2D eigenvalue weighted by Crippen LogP contribution is 2.49. The van der Waals surface area contributed by atoms with Crippen molar-refractivity contribution in [3.8, 4) is 41.2 Å². The first kappa shape index (κ1) is 33.1. The van der Waals surface area contributed by atoms with Crippen LogP contribution in [0.4, 0.5) is 14.6 Å². The molecule has 2 saturated heterocycles. The molecule has 2 aliphatic heterocycles. The van der Waals surface area contributed by atoms with Gasteiger partial charge in [-0.15, -0.1) is 6.42 Å². The number of anilines is 1. The fourth-order valence-electron chi connectivity index (χ4n) is 8.38. The van der Waals surface area contributed by atoms with Gasteiger partial charge < -0.3 is 28.7 Å². The zero-order valence-electron chi connectivity index (χ0n) is 28.3. The Balaban J connectivity index is 1.25. The van der Waals surface area contributed by atoms with E-state index in [-0.39, 0.29) is 56.2 Å². The van der Waals surface area contributed by atoms with Gasteiger partial charge in [0.05, 0.1) is 32.1 Å². The third-order valence-corrected chi connectivity index (χ3v) is 10.7. The van der Waals surface area contributed by atoms with Crippen LogP contribution in [0.2, 0.25) is 0 Å². The van der Waals surface area contributed by atoms with Crippen molar-refractivity contribution in [1.29, 1.82) is 0 Å². The summed E-state index contributed by atoms with van der Waals surface area (Å²) in [4.78, 5) is 18.7. The molecule has 11 nitrogen and oxygen atoms in total. The standard InChI is InChI=1S/C38H38F2N6O5/c1-3-26-28(39)9-8-24-17-25(47)18-27(30(24)26)33-32(40)34-31(36(42-33)48-2)35(45-13-6-15-49-16-14-45)44-37(43-34)50-22-38-10-4-7-29(38)46(12-5-11-38)20-23-19-41-51-21-23/h1,8-9,17-19,21,29,47H,4-7,10-16,20,22H2,2H3. The number of phenolic OH excluding ortho intramolecular Hbond substituents is 1. The molecule has 1 saturated carbocycles. The van der Waals surface area contributed by atoms with Crippen molar-refractivity contribution in [3.63, 3.8) is 0 Å². The van der Waals surface area contributed by atoms with Crippen molar-refractivity contribution in [2.24, 2.45) is 5.41 Å². The van der Waals surface area contributed by atoms with E-state index in [1.807, 2.05) is 4.90 Å². The Morgan fingerprint density at radius 1 is 1.06 bits per heavy atom. The number of rotatable bonds is 8. The minimum atomic E-state index is -0.807. The fraction of sp³-hybridized carbons (Fsp3) is 0.421. The van der Waals surface area contributed by atoms with Gasteiger partial charge in [-0.3, -0.25) is 4.90 Å². The average molecular weight is 697 g/mol. The molecule has 2 unspecified atom stereocenters. The van der Waals surface area contributed by atoms with Crippen LogP contribution < -0.4 is 14.4 Å². The summed E-state index contributed by atoms with van der Waals surface area (Å²) in [5.41, 5.74) is 0.659. The number of terminal acetylenes is 1. The predicted molar refractivity (Wildman–Crippen MR) is 186 cm³/mol. The molecule has 264 valence electrons. The maximum Gasteiger partial charge on any atom is 0.319 e. The molecule has 13 heteroatoms. The van der Waals surface area contributed by atoms with Gasteiger partial charge in [0, 0.05) is 54.2 Å². The lowest BCUT2D eigenvalue weighted by molar-refractivity contribution is -0.00461. The summed E-state index contributed by atoms with van der Waals surface area (Å²) in [7, 11) is 1.43. The molecular formula is C38H38F2N6O5. The summed E-state index contributed by atoms with van der Waals surface area (Å²) in [6.07, 6.45) is 15.1. The zero-order chi connectivity index (χ0) is 35.1. The smallest absolute Gasteiger partial charge is 0.319 e. The van der Waals surface area contributed by atoms with Gasteiger partial charge in [-0.2, -0.15) is 9.97 Å². The Morgan fingerprint density at radius 2 is 1.94 bits per heavy atom. The average Bonchev–Trinajstić information content (AvgIpc) is 3.74. The van der Waals surface area contributed by atoms with Crippen molar-refractivity contribution < 1.29 is 32.6 Å². The van der Waals surface area contributed by atoms with E-state index >= 15 is 8.78 Å². The Morgan fingerprint density at radius 3 is 2.76 bits per heavy atom. The van der Waals surface area contributed by atoms with E-state index in [1.165, 1.54) is 31.4 Å². The fourth-order valence-corrected chi connectivity index (χ4v) is 8.38. The van der Waals surface area contributed by atoms with Gasteiger partial charge in [-0.05, 0) is 62.2 Å². The molecule has 1 N–H and O–H groups in total. The Labute approximate surface area is 293 Å². The number of methoxy groups -OCH3 is 1. The Hall–Kier alpha value is -5.06. The molecule has 51 heavy (non-hydrogen) atoms. The maximum absolute atomic E-state index is 17.2. The number of ether oxygens (including phenoxy) is 3. The number of hydrogen-bond acceptors (Lipinski definition) is 11. The summed E-state index contributed by atoms with van der Waals surface area (Å²) in [6.45, 7) is 4.24. The molecule has 3 aromatic heterocycles.